The maximum Gasteiger partial charge on any atom is 0.305 e. The van der Waals surface area contributed by atoms with Crippen molar-refractivity contribution in [1.29, 1.82) is 0 Å². The van der Waals surface area contributed by atoms with Crippen LogP contribution < -0.4 is 5.32 Å². The van der Waals surface area contributed by atoms with Crippen LogP contribution in [-0.2, 0) is 4.79 Å². The molecule has 1 heterocycles. The average molecular weight is 295 g/mol. The molecule has 0 saturated heterocycles. The summed E-state index contributed by atoms with van der Waals surface area (Å²) in [5.41, 5.74) is -0.236. The van der Waals surface area contributed by atoms with Crippen molar-refractivity contribution in [3.05, 3.63) is 23.2 Å². The van der Waals surface area contributed by atoms with Gasteiger partial charge in [0.1, 0.15) is 11.5 Å². The predicted octanol–water partition coefficient (Wildman–Crippen LogP) is 3.47. The molecule has 1 amide bonds. The van der Waals surface area contributed by atoms with Gasteiger partial charge in [0.05, 0.1) is 17.5 Å². The van der Waals surface area contributed by atoms with Gasteiger partial charge >= 0.3 is 5.97 Å². The van der Waals surface area contributed by atoms with E-state index in [0.29, 0.717) is 24.2 Å². The predicted molar refractivity (Wildman–Crippen MR) is 80.6 cm³/mol. The topological polar surface area (TPSA) is 79.5 Å². The first-order valence-corrected chi connectivity index (χ1v) is 7.39. The van der Waals surface area contributed by atoms with Crippen LogP contribution in [0, 0.1) is 6.92 Å². The van der Waals surface area contributed by atoms with E-state index < -0.39 is 11.5 Å². The Labute approximate surface area is 125 Å². The van der Waals surface area contributed by atoms with Gasteiger partial charge in [0.2, 0.25) is 0 Å². The number of carbonyl (C=O) groups is 2. The van der Waals surface area contributed by atoms with Gasteiger partial charge in [-0.1, -0.05) is 27.7 Å². The Morgan fingerprint density at radius 3 is 2.29 bits per heavy atom. The molecule has 0 spiro atoms. The Morgan fingerprint density at radius 1 is 1.33 bits per heavy atom. The molecule has 5 heteroatoms. The number of carboxylic acids is 1. The van der Waals surface area contributed by atoms with Crippen molar-refractivity contribution < 1.29 is 19.1 Å². The lowest BCUT2D eigenvalue weighted by atomic mass is 9.88. The van der Waals surface area contributed by atoms with Gasteiger partial charge in [-0.15, -0.1) is 0 Å². The Kier molecular flexibility index (Phi) is 5.58. The molecule has 1 rings (SSSR count). The molecule has 118 valence electrons. The van der Waals surface area contributed by atoms with Crippen molar-refractivity contribution in [2.24, 2.45) is 0 Å². The molecule has 5 nitrogen and oxygen atoms in total. The molecule has 0 saturated carbocycles. The standard InChI is InChI=1S/C16H25NO4/c1-6-16(7-2,9-14(18)19)17-15(20)12-8-13(10(3)4)21-11(12)5/h8,10H,6-7,9H2,1-5H3,(H,17,20)(H,18,19). The van der Waals surface area contributed by atoms with Crippen molar-refractivity contribution in [2.45, 2.75) is 65.3 Å². The number of carboxylic acid groups (broad SMARTS) is 1. The number of furan rings is 1. The summed E-state index contributed by atoms with van der Waals surface area (Å²) in [5.74, 6) is 0.340. The summed E-state index contributed by atoms with van der Waals surface area (Å²) in [5, 5.41) is 11.9. The maximum absolute atomic E-state index is 12.5. The molecule has 2 N–H and O–H groups in total. The van der Waals surface area contributed by atoms with Crippen LogP contribution >= 0.6 is 0 Å². The largest absolute Gasteiger partial charge is 0.481 e. The van der Waals surface area contributed by atoms with E-state index in [2.05, 4.69) is 5.32 Å². The lowest BCUT2D eigenvalue weighted by molar-refractivity contribution is -0.138. The van der Waals surface area contributed by atoms with Gasteiger partial charge in [0.15, 0.2) is 0 Å². The first-order chi connectivity index (χ1) is 9.74. The lowest BCUT2D eigenvalue weighted by Gasteiger charge is -2.31. The number of hydrogen-bond donors (Lipinski definition) is 2. The molecule has 0 unspecified atom stereocenters. The van der Waals surface area contributed by atoms with Gasteiger partial charge in [0.25, 0.3) is 5.91 Å². The van der Waals surface area contributed by atoms with E-state index in [0.717, 1.165) is 5.76 Å². The van der Waals surface area contributed by atoms with E-state index in [4.69, 9.17) is 9.52 Å². The van der Waals surface area contributed by atoms with Crippen molar-refractivity contribution in [2.75, 3.05) is 0 Å². The quantitative estimate of drug-likeness (QED) is 0.807. The van der Waals surface area contributed by atoms with E-state index in [9.17, 15) is 9.59 Å². The summed E-state index contributed by atoms with van der Waals surface area (Å²) in [6, 6.07) is 1.74. The first kappa shape index (κ1) is 17.3. The molecule has 0 fully saturated rings. The zero-order valence-corrected chi connectivity index (χ0v) is 13.4. The monoisotopic (exact) mass is 295 g/mol. The van der Waals surface area contributed by atoms with Crippen LogP contribution in [0.25, 0.3) is 0 Å². The average Bonchev–Trinajstić information content (AvgIpc) is 2.79. The normalized spacial score (nSPS) is 11.7. The third-order valence-corrected chi connectivity index (χ3v) is 3.97. The minimum absolute atomic E-state index is 0.0837. The van der Waals surface area contributed by atoms with Gasteiger partial charge in [0, 0.05) is 5.92 Å². The van der Waals surface area contributed by atoms with Crippen LogP contribution in [-0.4, -0.2) is 22.5 Å². The number of hydrogen-bond acceptors (Lipinski definition) is 3. The molecule has 0 bridgehead atoms. The Hall–Kier alpha value is -1.78. The minimum atomic E-state index is -0.911. The highest BCUT2D eigenvalue weighted by molar-refractivity contribution is 5.96. The molecule has 1 aromatic rings. The minimum Gasteiger partial charge on any atom is -0.481 e. The van der Waals surface area contributed by atoms with Crippen molar-refractivity contribution in [3.63, 3.8) is 0 Å². The molecule has 21 heavy (non-hydrogen) atoms. The second-order valence-electron chi connectivity index (χ2n) is 5.79. The van der Waals surface area contributed by atoms with Gasteiger partial charge in [-0.25, -0.2) is 0 Å². The molecule has 0 aliphatic rings. The smallest absolute Gasteiger partial charge is 0.305 e. The second-order valence-corrected chi connectivity index (χ2v) is 5.79. The summed E-state index contributed by atoms with van der Waals surface area (Å²) in [7, 11) is 0. The van der Waals surface area contributed by atoms with Gasteiger partial charge in [-0.2, -0.15) is 0 Å². The van der Waals surface area contributed by atoms with Crippen LogP contribution in [0.3, 0.4) is 0 Å². The van der Waals surface area contributed by atoms with Crippen LogP contribution in [0.15, 0.2) is 10.5 Å². The highest BCUT2D eigenvalue weighted by atomic mass is 16.4. The molecule has 0 radical (unpaired) electrons. The fraction of sp³-hybridized carbons (Fsp3) is 0.625. The second kappa shape index (κ2) is 6.78. The van der Waals surface area contributed by atoms with Gasteiger partial charge in [-0.3, -0.25) is 9.59 Å². The fourth-order valence-corrected chi connectivity index (χ4v) is 2.33. The van der Waals surface area contributed by atoms with E-state index in [1.807, 2.05) is 27.7 Å². The van der Waals surface area contributed by atoms with Crippen molar-refractivity contribution in [1.82, 2.24) is 5.32 Å². The Balaban J connectivity index is 2.99. The number of rotatable bonds is 7. The summed E-state index contributed by atoms with van der Waals surface area (Å²) in [4.78, 5) is 23.5. The zero-order chi connectivity index (χ0) is 16.2. The number of amides is 1. The van der Waals surface area contributed by atoms with Gasteiger partial charge in [-0.05, 0) is 25.8 Å². The van der Waals surface area contributed by atoms with Crippen LogP contribution in [0.4, 0.5) is 0 Å². The van der Waals surface area contributed by atoms with Gasteiger partial charge < -0.3 is 14.8 Å². The van der Waals surface area contributed by atoms with Crippen molar-refractivity contribution >= 4 is 11.9 Å². The van der Waals surface area contributed by atoms with Crippen LogP contribution in [0.1, 0.15) is 74.8 Å². The van der Waals surface area contributed by atoms with Crippen LogP contribution in [0.5, 0.6) is 0 Å². The molecule has 0 aliphatic carbocycles. The zero-order valence-electron chi connectivity index (χ0n) is 13.4. The SMILES string of the molecule is CCC(CC)(CC(=O)O)NC(=O)c1cc(C(C)C)oc1C. The summed E-state index contributed by atoms with van der Waals surface area (Å²) in [6.45, 7) is 9.50. The molecule has 0 atom stereocenters. The third-order valence-electron chi connectivity index (χ3n) is 3.97. The number of carbonyl (C=O) groups excluding carboxylic acids is 1. The van der Waals surface area contributed by atoms with Crippen molar-refractivity contribution in [3.8, 4) is 0 Å². The summed E-state index contributed by atoms with van der Waals surface area (Å²) >= 11 is 0. The Morgan fingerprint density at radius 2 is 1.90 bits per heavy atom. The van der Waals surface area contributed by atoms with E-state index in [1.54, 1.807) is 13.0 Å². The summed E-state index contributed by atoms with van der Waals surface area (Å²) < 4.78 is 5.58. The fourth-order valence-electron chi connectivity index (χ4n) is 2.33. The van der Waals surface area contributed by atoms with E-state index in [1.165, 1.54) is 0 Å². The summed E-state index contributed by atoms with van der Waals surface area (Å²) in [6.07, 6.45) is 1.05. The molecular weight excluding hydrogens is 270 g/mol. The van der Waals surface area contributed by atoms with E-state index in [-0.39, 0.29) is 18.2 Å². The Bertz CT molecular complexity index is 512. The van der Waals surface area contributed by atoms with Crippen LogP contribution in [0.2, 0.25) is 0 Å². The number of nitrogens with one attached hydrogen (secondary N) is 1. The third kappa shape index (κ3) is 4.09. The molecule has 0 aromatic carbocycles. The molecule has 0 aliphatic heterocycles. The maximum atomic E-state index is 12.5. The van der Waals surface area contributed by atoms with E-state index >= 15 is 0 Å². The molecular formula is C16H25NO4. The number of aliphatic carboxylic acids is 1. The highest BCUT2D eigenvalue weighted by Gasteiger charge is 2.32. The highest BCUT2D eigenvalue weighted by Crippen LogP contribution is 2.24. The first-order valence-electron chi connectivity index (χ1n) is 7.39. The number of aryl methyl sites for hydroxylation is 1. The molecule has 1 aromatic heterocycles. The lowest BCUT2D eigenvalue weighted by Crippen LogP contribution is -2.49.